The number of nitrogens with one attached hydrogen (secondary N) is 1. The number of carbonyl (C=O) groups is 1. The predicted molar refractivity (Wildman–Crippen MR) is 82.0 cm³/mol. The number of ether oxygens (including phenoxy) is 1. The van der Waals surface area contributed by atoms with E-state index in [1.54, 1.807) is 30.3 Å². The van der Waals surface area contributed by atoms with Crippen molar-refractivity contribution < 1.29 is 9.53 Å². The molecule has 0 aliphatic rings. The number of carbonyl (C=O) groups excluding carboxylic acids is 1. The van der Waals surface area contributed by atoms with Crippen molar-refractivity contribution in [1.29, 1.82) is 5.26 Å². The van der Waals surface area contributed by atoms with Gasteiger partial charge in [-0.15, -0.1) is 0 Å². The number of hydrogen-bond acceptors (Lipinski definition) is 4. The molecule has 0 fully saturated rings. The fraction of sp³-hybridized carbons (Fsp3) is 0.133. The number of aryl methyl sites for hydroxylation is 1. The molecule has 0 aliphatic carbocycles. The van der Waals surface area contributed by atoms with Gasteiger partial charge in [0.1, 0.15) is 17.6 Å². The molecule has 1 heterocycles. The summed E-state index contributed by atoms with van der Waals surface area (Å²) >= 11 is 3.34. The van der Waals surface area contributed by atoms with Crippen LogP contribution in [-0.2, 0) is 4.79 Å². The van der Waals surface area contributed by atoms with E-state index < -0.39 is 0 Å². The first-order valence-corrected chi connectivity index (χ1v) is 6.94. The average molecular weight is 346 g/mol. The van der Waals surface area contributed by atoms with Crippen LogP contribution in [0.25, 0.3) is 0 Å². The molecule has 0 bridgehead atoms. The van der Waals surface area contributed by atoms with Gasteiger partial charge in [-0.05, 0) is 47.1 Å². The summed E-state index contributed by atoms with van der Waals surface area (Å²) in [7, 11) is 0. The smallest absolute Gasteiger partial charge is 0.263 e. The Hall–Kier alpha value is -2.39. The molecule has 21 heavy (non-hydrogen) atoms. The topological polar surface area (TPSA) is 75.0 Å². The zero-order valence-electron chi connectivity index (χ0n) is 11.3. The lowest BCUT2D eigenvalue weighted by Crippen LogP contribution is -2.21. The minimum absolute atomic E-state index is 0.185. The van der Waals surface area contributed by atoms with Crippen LogP contribution in [0.2, 0.25) is 0 Å². The van der Waals surface area contributed by atoms with E-state index in [0.717, 1.165) is 10.2 Å². The van der Waals surface area contributed by atoms with E-state index >= 15 is 0 Å². The van der Waals surface area contributed by atoms with Gasteiger partial charge in [0.15, 0.2) is 6.61 Å². The van der Waals surface area contributed by atoms with Crippen LogP contribution in [0.15, 0.2) is 40.9 Å². The third kappa shape index (κ3) is 4.04. The lowest BCUT2D eigenvalue weighted by Gasteiger charge is -2.08. The minimum Gasteiger partial charge on any atom is -0.482 e. The Bertz CT molecular complexity index is 710. The van der Waals surface area contributed by atoms with Gasteiger partial charge in [0.2, 0.25) is 0 Å². The van der Waals surface area contributed by atoms with E-state index in [9.17, 15) is 4.79 Å². The molecule has 0 saturated carbocycles. The highest BCUT2D eigenvalue weighted by molar-refractivity contribution is 9.10. The molecule has 1 aromatic heterocycles. The highest BCUT2D eigenvalue weighted by Gasteiger charge is 2.08. The molecular weight excluding hydrogens is 334 g/mol. The lowest BCUT2D eigenvalue weighted by atomic mass is 10.2. The summed E-state index contributed by atoms with van der Waals surface area (Å²) in [6.07, 6.45) is 0. The summed E-state index contributed by atoms with van der Waals surface area (Å²) in [5.41, 5.74) is 1.17. The molecule has 1 N–H and O–H groups in total. The van der Waals surface area contributed by atoms with Crippen molar-refractivity contribution in [3.63, 3.8) is 0 Å². The lowest BCUT2D eigenvalue weighted by molar-refractivity contribution is -0.118. The highest BCUT2D eigenvalue weighted by Crippen LogP contribution is 2.17. The quantitative estimate of drug-likeness (QED) is 0.923. The maximum absolute atomic E-state index is 11.8. The van der Waals surface area contributed by atoms with Crippen molar-refractivity contribution in [3.05, 3.63) is 52.1 Å². The Kier molecular flexibility index (Phi) is 4.90. The number of para-hydroxylation sites is 1. The van der Waals surface area contributed by atoms with E-state index in [4.69, 9.17) is 10.00 Å². The summed E-state index contributed by atoms with van der Waals surface area (Å²) in [5, 5.41) is 11.6. The summed E-state index contributed by atoms with van der Waals surface area (Å²) < 4.78 is 6.22. The average Bonchev–Trinajstić information content (AvgIpc) is 2.49. The van der Waals surface area contributed by atoms with Crippen LogP contribution < -0.4 is 10.1 Å². The van der Waals surface area contributed by atoms with Crippen LogP contribution >= 0.6 is 15.9 Å². The van der Waals surface area contributed by atoms with Crippen molar-refractivity contribution in [1.82, 2.24) is 4.98 Å². The Morgan fingerprint density at radius 1 is 1.38 bits per heavy atom. The molecule has 0 unspecified atom stereocenters. The fourth-order valence-corrected chi connectivity index (χ4v) is 1.84. The van der Waals surface area contributed by atoms with Crippen molar-refractivity contribution in [2.45, 2.75) is 6.92 Å². The Morgan fingerprint density at radius 2 is 2.14 bits per heavy atom. The van der Waals surface area contributed by atoms with Crippen LogP contribution in [0, 0.1) is 18.3 Å². The normalized spacial score (nSPS) is 9.76. The summed E-state index contributed by atoms with van der Waals surface area (Å²) in [5.74, 6) is 0.505. The Morgan fingerprint density at radius 3 is 2.86 bits per heavy atom. The number of halogens is 1. The first-order chi connectivity index (χ1) is 10.1. The van der Waals surface area contributed by atoms with Crippen LogP contribution in [-0.4, -0.2) is 17.5 Å². The molecule has 0 radical (unpaired) electrons. The molecule has 2 rings (SSSR count). The second kappa shape index (κ2) is 6.86. The van der Waals surface area contributed by atoms with Gasteiger partial charge in [0.25, 0.3) is 5.91 Å². The first-order valence-electron chi connectivity index (χ1n) is 6.15. The number of aromatic nitrogens is 1. The van der Waals surface area contributed by atoms with Crippen LogP contribution in [0.4, 0.5) is 5.82 Å². The second-order valence-corrected chi connectivity index (χ2v) is 5.06. The number of nitrogens with zero attached hydrogens (tertiary/aromatic N) is 2. The van der Waals surface area contributed by atoms with E-state index in [2.05, 4.69) is 26.2 Å². The maximum Gasteiger partial charge on any atom is 0.263 e. The van der Waals surface area contributed by atoms with Crippen molar-refractivity contribution in [2.75, 3.05) is 11.9 Å². The van der Waals surface area contributed by atoms with Crippen molar-refractivity contribution in [3.8, 4) is 11.8 Å². The number of benzene rings is 1. The van der Waals surface area contributed by atoms with Gasteiger partial charge in [-0.25, -0.2) is 4.98 Å². The van der Waals surface area contributed by atoms with Gasteiger partial charge in [-0.1, -0.05) is 12.1 Å². The summed E-state index contributed by atoms with van der Waals surface area (Å²) in [4.78, 5) is 16.0. The molecule has 0 saturated heterocycles. The first kappa shape index (κ1) is 15.0. The SMILES string of the molecule is Cc1nc(NC(=O)COc2ccccc2C#N)ccc1Br. The number of hydrogen-bond donors (Lipinski definition) is 1. The standard InChI is InChI=1S/C15H12BrN3O2/c1-10-12(16)6-7-14(18-10)19-15(20)9-21-13-5-3-2-4-11(13)8-17/h2-7H,9H2,1H3,(H,18,19,20). The van der Waals surface area contributed by atoms with E-state index in [-0.39, 0.29) is 12.5 Å². The molecule has 5 nitrogen and oxygen atoms in total. The van der Waals surface area contributed by atoms with Crippen molar-refractivity contribution in [2.24, 2.45) is 0 Å². The predicted octanol–water partition coefficient (Wildman–Crippen LogP) is 3.04. The van der Waals surface area contributed by atoms with Gasteiger partial charge in [0, 0.05) is 4.47 Å². The Balaban J connectivity index is 1.96. The number of amides is 1. The number of rotatable bonds is 4. The second-order valence-electron chi connectivity index (χ2n) is 4.21. The third-order valence-electron chi connectivity index (χ3n) is 2.66. The van der Waals surface area contributed by atoms with E-state index in [1.807, 2.05) is 19.1 Å². The van der Waals surface area contributed by atoms with E-state index in [1.165, 1.54) is 0 Å². The van der Waals surface area contributed by atoms with Gasteiger partial charge < -0.3 is 10.1 Å². The minimum atomic E-state index is -0.336. The van der Waals surface area contributed by atoms with Gasteiger partial charge in [0.05, 0.1) is 11.3 Å². The van der Waals surface area contributed by atoms with Crippen LogP contribution in [0.3, 0.4) is 0 Å². The van der Waals surface area contributed by atoms with Gasteiger partial charge in [-0.2, -0.15) is 5.26 Å². The largest absolute Gasteiger partial charge is 0.482 e. The molecule has 0 aliphatic heterocycles. The molecule has 1 amide bonds. The molecule has 0 spiro atoms. The molecule has 2 aromatic rings. The number of pyridine rings is 1. The Labute approximate surface area is 130 Å². The van der Waals surface area contributed by atoms with Gasteiger partial charge >= 0.3 is 0 Å². The number of anilines is 1. The van der Waals surface area contributed by atoms with E-state index in [0.29, 0.717) is 17.1 Å². The molecule has 106 valence electrons. The van der Waals surface area contributed by atoms with Gasteiger partial charge in [-0.3, -0.25) is 4.79 Å². The number of nitriles is 1. The maximum atomic E-state index is 11.8. The molecular formula is C15H12BrN3O2. The summed E-state index contributed by atoms with van der Waals surface area (Å²) in [6, 6.07) is 12.3. The fourth-order valence-electron chi connectivity index (χ4n) is 1.62. The highest BCUT2D eigenvalue weighted by atomic mass is 79.9. The molecule has 6 heteroatoms. The van der Waals surface area contributed by atoms with Crippen LogP contribution in [0.1, 0.15) is 11.3 Å². The van der Waals surface area contributed by atoms with Crippen LogP contribution in [0.5, 0.6) is 5.75 Å². The monoisotopic (exact) mass is 345 g/mol. The zero-order chi connectivity index (χ0) is 15.2. The molecule has 1 aromatic carbocycles. The summed E-state index contributed by atoms with van der Waals surface area (Å²) in [6.45, 7) is 1.65. The third-order valence-corrected chi connectivity index (χ3v) is 3.49. The van der Waals surface area contributed by atoms with Crippen molar-refractivity contribution >= 4 is 27.7 Å². The zero-order valence-corrected chi connectivity index (χ0v) is 12.8. The molecule has 0 atom stereocenters.